The van der Waals surface area contributed by atoms with Crippen LogP contribution >= 0.6 is 24.0 Å². The zero-order valence-electron chi connectivity index (χ0n) is 16.5. The molecule has 4 unspecified atom stereocenters. The molecule has 2 aromatic carbocycles. The molecule has 5 heteroatoms. The lowest BCUT2D eigenvalue weighted by Crippen LogP contribution is -2.68. The van der Waals surface area contributed by atoms with E-state index in [1.165, 1.54) is 16.3 Å². The van der Waals surface area contributed by atoms with Crippen LogP contribution in [0.3, 0.4) is 0 Å². The molecule has 0 amide bonds. The lowest BCUT2D eigenvalue weighted by atomic mass is 9.57. The second-order valence-electron chi connectivity index (χ2n) is 8.19. The summed E-state index contributed by atoms with van der Waals surface area (Å²) in [5, 5.41) is 9.82. The van der Waals surface area contributed by atoms with Gasteiger partial charge in [-0.3, -0.25) is 4.99 Å². The Hall–Kier alpha value is -1.34. The molecule has 0 spiro atoms. The minimum atomic E-state index is 0. The first-order valence-corrected chi connectivity index (χ1v) is 9.61. The van der Waals surface area contributed by atoms with E-state index in [4.69, 9.17) is 4.74 Å². The van der Waals surface area contributed by atoms with Crippen molar-refractivity contribution in [3.8, 4) is 0 Å². The lowest BCUT2D eigenvalue weighted by Gasteiger charge is -2.55. The average molecular weight is 479 g/mol. The van der Waals surface area contributed by atoms with Crippen molar-refractivity contribution in [3.63, 3.8) is 0 Å². The Morgan fingerprint density at radius 2 is 1.93 bits per heavy atom. The van der Waals surface area contributed by atoms with E-state index in [1.54, 1.807) is 0 Å². The number of aliphatic imine (C=N–C) groups is 1. The average Bonchev–Trinajstić information content (AvgIpc) is 3.11. The quantitative estimate of drug-likeness (QED) is 0.387. The van der Waals surface area contributed by atoms with E-state index in [0.29, 0.717) is 18.1 Å². The monoisotopic (exact) mass is 479 g/mol. The van der Waals surface area contributed by atoms with E-state index >= 15 is 0 Å². The number of hydrogen-bond acceptors (Lipinski definition) is 2. The second kappa shape index (κ2) is 7.95. The number of hydrogen-bond donors (Lipinski definition) is 2. The number of fused-ring (bicyclic) bond motifs is 2. The first-order valence-electron chi connectivity index (χ1n) is 9.61. The van der Waals surface area contributed by atoms with Gasteiger partial charge in [-0.15, -0.1) is 24.0 Å². The number of ether oxygens (including phenoxy) is 1. The number of nitrogens with one attached hydrogen (secondary N) is 2. The van der Waals surface area contributed by atoms with Crippen LogP contribution in [0.4, 0.5) is 0 Å². The van der Waals surface area contributed by atoms with Crippen molar-refractivity contribution in [2.75, 3.05) is 13.7 Å². The minimum absolute atomic E-state index is 0. The maximum Gasteiger partial charge on any atom is 0.191 e. The molecule has 146 valence electrons. The fourth-order valence-electron chi connectivity index (χ4n) is 4.85. The molecule has 2 fully saturated rings. The molecule has 27 heavy (non-hydrogen) atoms. The fraction of sp³-hybridized carbons (Fsp3) is 0.500. The molecule has 2 N–H and O–H groups in total. The number of guanidine groups is 1. The topological polar surface area (TPSA) is 45.7 Å². The smallest absolute Gasteiger partial charge is 0.191 e. The Bertz CT molecular complexity index is 830. The molecule has 1 aliphatic carbocycles. The molecule has 1 saturated carbocycles. The van der Waals surface area contributed by atoms with Gasteiger partial charge in [-0.05, 0) is 29.7 Å². The Labute approximate surface area is 179 Å². The van der Waals surface area contributed by atoms with Gasteiger partial charge in [0.15, 0.2) is 5.96 Å². The summed E-state index contributed by atoms with van der Waals surface area (Å²) >= 11 is 0. The van der Waals surface area contributed by atoms with Gasteiger partial charge in [0.2, 0.25) is 0 Å². The number of halogens is 1. The van der Waals surface area contributed by atoms with Gasteiger partial charge in [-0.1, -0.05) is 56.3 Å². The normalized spacial score (nSPS) is 27.3. The summed E-state index contributed by atoms with van der Waals surface area (Å²) in [5.74, 6) is 1.46. The first-order chi connectivity index (χ1) is 12.5. The molecule has 1 saturated heterocycles. The summed E-state index contributed by atoms with van der Waals surface area (Å²) in [6.07, 6.45) is 1.52. The molecule has 0 radical (unpaired) electrons. The van der Waals surface area contributed by atoms with Gasteiger partial charge in [0.05, 0.1) is 12.1 Å². The standard InChI is InChI=1S/C22H29N3O.HI/c1-14(16-11-7-9-15-8-5-6-10-17(15)16)24-21(23-4)25-19-18-12-13-26-20(18)22(19,2)3;/h5-11,14,18-20H,12-13H2,1-4H3,(H2,23,24,25);1H. The van der Waals surface area contributed by atoms with Crippen LogP contribution in [0.25, 0.3) is 10.8 Å². The van der Waals surface area contributed by atoms with Gasteiger partial charge in [0, 0.05) is 31.0 Å². The van der Waals surface area contributed by atoms with Crippen LogP contribution in [0.5, 0.6) is 0 Å². The Morgan fingerprint density at radius 1 is 1.19 bits per heavy atom. The van der Waals surface area contributed by atoms with Crippen LogP contribution in [0.1, 0.15) is 38.8 Å². The van der Waals surface area contributed by atoms with Gasteiger partial charge in [0.25, 0.3) is 0 Å². The van der Waals surface area contributed by atoms with Crippen molar-refractivity contribution < 1.29 is 4.74 Å². The fourth-order valence-corrected chi connectivity index (χ4v) is 4.85. The zero-order chi connectivity index (χ0) is 18.3. The predicted molar refractivity (Wildman–Crippen MR) is 123 cm³/mol. The van der Waals surface area contributed by atoms with E-state index in [1.807, 2.05) is 7.05 Å². The molecule has 0 bridgehead atoms. The highest BCUT2D eigenvalue weighted by Crippen LogP contribution is 2.52. The highest BCUT2D eigenvalue weighted by molar-refractivity contribution is 14.0. The molecule has 4 atom stereocenters. The van der Waals surface area contributed by atoms with Gasteiger partial charge < -0.3 is 15.4 Å². The summed E-state index contributed by atoms with van der Waals surface area (Å²) in [7, 11) is 1.85. The zero-order valence-corrected chi connectivity index (χ0v) is 18.9. The van der Waals surface area contributed by atoms with E-state index in [-0.39, 0.29) is 35.4 Å². The van der Waals surface area contributed by atoms with Crippen LogP contribution in [0.2, 0.25) is 0 Å². The maximum atomic E-state index is 5.91. The first kappa shape index (κ1) is 20.4. The summed E-state index contributed by atoms with van der Waals surface area (Å²) in [5.41, 5.74) is 1.43. The lowest BCUT2D eigenvalue weighted by molar-refractivity contribution is -0.106. The van der Waals surface area contributed by atoms with E-state index in [9.17, 15) is 0 Å². The van der Waals surface area contributed by atoms with Crippen LogP contribution in [0, 0.1) is 11.3 Å². The van der Waals surface area contributed by atoms with Crippen molar-refractivity contribution in [1.29, 1.82) is 0 Å². The third-order valence-electron chi connectivity index (χ3n) is 6.26. The molecule has 1 heterocycles. The van der Waals surface area contributed by atoms with Crippen LogP contribution in [-0.2, 0) is 4.74 Å². The van der Waals surface area contributed by atoms with Crippen LogP contribution in [0.15, 0.2) is 47.5 Å². The summed E-state index contributed by atoms with van der Waals surface area (Å²) in [4.78, 5) is 4.49. The molecular weight excluding hydrogens is 449 g/mol. The van der Waals surface area contributed by atoms with Crippen molar-refractivity contribution in [1.82, 2.24) is 10.6 Å². The number of rotatable bonds is 3. The highest BCUT2D eigenvalue weighted by atomic mass is 127. The third kappa shape index (κ3) is 3.56. The Balaban J connectivity index is 0.00000210. The highest BCUT2D eigenvalue weighted by Gasteiger charge is 2.59. The summed E-state index contributed by atoms with van der Waals surface area (Å²) in [6.45, 7) is 7.66. The molecule has 2 aliphatic rings. The van der Waals surface area contributed by atoms with Gasteiger partial charge in [-0.2, -0.15) is 0 Å². The molecule has 2 aromatic rings. The summed E-state index contributed by atoms with van der Waals surface area (Å²) < 4.78 is 5.91. The number of nitrogens with zero attached hydrogens (tertiary/aromatic N) is 1. The van der Waals surface area contributed by atoms with E-state index < -0.39 is 0 Å². The van der Waals surface area contributed by atoms with Gasteiger partial charge in [-0.25, -0.2) is 0 Å². The number of benzene rings is 2. The van der Waals surface area contributed by atoms with E-state index in [0.717, 1.165) is 19.0 Å². The SMILES string of the molecule is CN=C(NC(C)c1cccc2ccccc12)NC1C2CCOC2C1(C)C.I. The second-order valence-corrected chi connectivity index (χ2v) is 8.19. The van der Waals surface area contributed by atoms with Gasteiger partial charge >= 0.3 is 0 Å². The molecular formula is C22H30IN3O. The molecule has 1 aliphatic heterocycles. The van der Waals surface area contributed by atoms with Gasteiger partial charge in [0.1, 0.15) is 0 Å². The van der Waals surface area contributed by atoms with Crippen LogP contribution in [-0.4, -0.2) is 31.8 Å². The predicted octanol–water partition coefficient (Wildman–Crippen LogP) is 4.50. The van der Waals surface area contributed by atoms with E-state index in [2.05, 4.69) is 78.9 Å². The molecule has 0 aromatic heterocycles. The van der Waals surface area contributed by atoms with Crippen molar-refractivity contribution in [2.45, 2.75) is 45.4 Å². The minimum Gasteiger partial charge on any atom is -0.377 e. The van der Waals surface area contributed by atoms with Crippen LogP contribution < -0.4 is 10.6 Å². The summed E-state index contributed by atoms with van der Waals surface area (Å²) in [6, 6.07) is 15.6. The van der Waals surface area contributed by atoms with Crippen molar-refractivity contribution in [2.24, 2.45) is 16.3 Å². The molecule has 4 nitrogen and oxygen atoms in total. The Kier molecular flexibility index (Phi) is 6.01. The molecule has 4 rings (SSSR count). The Morgan fingerprint density at radius 3 is 2.70 bits per heavy atom. The largest absolute Gasteiger partial charge is 0.377 e. The third-order valence-corrected chi connectivity index (χ3v) is 6.26. The van der Waals surface area contributed by atoms with Crippen molar-refractivity contribution >= 4 is 40.7 Å². The maximum absolute atomic E-state index is 5.91. The van der Waals surface area contributed by atoms with Crippen molar-refractivity contribution in [3.05, 3.63) is 48.0 Å².